The standard InChI is InChI=1S/C12H22N4O2/c1-4-6-13-8(2)11-15-16-12(18-11)14-10-5-7-17-9(10)3/h8-10,13H,4-7H2,1-3H3,(H,14,16). The summed E-state index contributed by atoms with van der Waals surface area (Å²) >= 11 is 0. The molecule has 0 bridgehead atoms. The van der Waals surface area contributed by atoms with E-state index in [2.05, 4.69) is 27.8 Å². The Morgan fingerprint density at radius 3 is 2.94 bits per heavy atom. The van der Waals surface area contributed by atoms with E-state index in [-0.39, 0.29) is 18.2 Å². The van der Waals surface area contributed by atoms with E-state index in [1.807, 2.05) is 13.8 Å². The summed E-state index contributed by atoms with van der Waals surface area (Å²) in [5.74, 6) is 0.623. The van der Waals surface area contributed by atoms with E-state index in [0.29, 0.717) is 11.9 Å². The van der Waals surface area contributed by atoms with Gasteiger partial charge < -0.3 is 19.8 Å². The van der Waals surface area contributed by atoms with Gasteiger partial charge >= 0.3 is 6.01 Å². The molecule has 1 aromatic rings. The summed E-state index contributed by atoms with van der Waals surface area (Å²) in [7, 11) is 0. The molecule has 1 aliphatic rings. The molecule has 3 atom stereocenters. The molecule has 0 spiro atoms. The highest BCUT2D eigenvalue weighted by Gasteiger charge is 2.25. The Labute approximate surface area is 107 Å². The predicted molar refractivity (Wildman–Crippen MR) is 68.4 cm³/mol. The van der Waals surface area contributed by atoms with Crippen molar-refractivity contribution in [3.05, 3.63) is 5.89 Å². The van der Waals surface area contributed by atoms with Crippen LogP contribution in [0.3, 0.4) is 0 Å². The van der Waals surface area contributed by atoms with Gasteiger partial charge in [0.2, 0.25) is 5.89 Å². The van der Waals surface area contributed by atoms with E-state index in [0.717, 1.165) is 26.0 Å². The summed E-state index contributed by atoms with van der Waals surface area (Å²) in [6, 6.07) is 0.833. The Hall–Kier alpha value is -1.14. The fourth-order valence-corrected chi connectivity index (χ4v) is 2.00. The monoisotopic (exact) mass is 254 g/mol. The minimum Gasteiger partial charge on any atom is -0.406 e. The van der Waals surface area contributed by atoms with Crippen LogP contribution in [0.2, 0.25) is 0 Å². The van der Waals surface area contributed by atoms with E-state index in [1.54, 1.807) is 0 Å². The molecule has 2 heterocycles. The van der Waals surface area contributed by atoms with Crippen LogP contribution in [-0.4, -0.2) is 35.5 Å². The van der Waals surface area contributed by atoms with Crippen molar-refractivity contribution in [1.82, 2.24) is 15.5 Å². The Morgan fingerprint density at radius 2 is 2.28 bits per heavy atom. The highest BCUT2D eigenvalue weighted by molar-refractivity contribution is 5.21. The average Bonchev–Trinajstić information content (AvgIpc) is 2.97. The van der Waals surface area contributed by atoms with E-state index in [1.165, 1.54) is 0 Å². The maximum atomic E-state index is 5.60. The van der Waals surface area contributed by atoms with Gasteiger partial charge in [-0.05, 0) is 33.2 Å². The normalized spacial score (nSPS) is 25.3. The van der Waals surface area contributed by atoms with Crippen molar-refractivity contribution in [2.45, 2.75) is 51.8 Å². The summed E-state index contributed by atoms with van der Waals surface area (Å²) in [6.07, 6.45) is 2.25. The fourth-order valence-electron chi connectivity index (χ4n) is 2.00. The lowest BCUT2D eigenvalue weighted by atomic mass is 10.2. The molecule has 2 rings (SSSR count). The van der Waals surface area contributed by atoms with Gasteiger partial charge in [-0.1, -0.05) is 12.0 Å². The number of aromatic nitrogens is 2. The minimum atomic E-state index is 0.0882. The van der Waals surface area contributed by atoms with Crippen LogP contribution >= 0.6 is 0 Å². The smallest absolute Gasteiger partial charge is 0.315 e. The molecule has 102 valence electrons. The zero-order valence-corrected chi connectivity index (χ0v) is 11.3. The lowest BCUT2D eigenvalue weighted by molar-refractivity contribution is 0.121. The molecular weight excluding hydrogens is 232 g/mol. The summed E-state index contributed by atoms with van der Waals surface area (Å²) in [5.41, 5.74) is 0. The topological polar surface area (TPSA) is 72.2 Å². The first-order chi connectivity index (χ1) is 8.70. The molecule has 1 aromatic heterocycles. The summed E-state index contributed by atoms with van der Waals surface area (Å²) in [4.78, 5) is 0. The molecule has 3 unspecified atom stereocenters. The number of rotatable bonds is 6. The second-order valence-corrected chi connectivity index (χ2v) is 4.74. The van der Waals surface area contributed by atoms with Gasteiger partial charge in [-0.15, -0.1) is 5.10 Å². The number of anilines is 1. The van der Waals surface area contributed by atoms with Gasteiger partial charge in [0, 0.05) is 6.61 Å². The first kappa shape index (κ1) is 13.3. The van der Waals surface area contributed by atoms with Crippen molar-refractivity contribution in [3.63, 3.8) is 0 Å². The van der Waals surface area contributed by atoms with Gasteiger partial charge in [0.25, 0.3) is 0 Å². The second kappa shape index (κ2) is 6.15. The molecule has 0 saturated carbocycles. The molecule has 1 saturated heterocycles. The van der Waals surface area contributed by atoms with Gasteiger partial charge in [0.1, 0.15) is 0 Å². The van der Waals surface area contributed by atoms with E-state index < -0.39 is 0 Å². The number of hydrogen-bond acceptors (Lipinski definition) is 6. The molecule has 1 fully saturated rings. The second-order valence-electron chi connectivity index (χ2n) is 4.74. The van der Waals surface area contributed by atoms with E-state index in [9.17, 15) is 0 Å². The Bertz CT molecular complexity index is 369. The molecule has 1 aliphatic heterocycles. The minimum absolute atomic E-state index is 0.0882. The molecule has 6 nitrogen and oxygen atoms in total. The van der Waals surface area contributed by atoms with Crippen LogP contribution in [0.4, 0.5) is 6.01 Å². The molecule has 0 aromatic carbocycles. The summed E-state index contributed by atoms with van der Waals surface area (Å²) in [5, 5.41) is 14.6. The zero-order chi connectivity index (χ0) is 13.0. The van der Waals surface area contributed by atoms with Gasteiger partial charge in [0.15, 0.2) is 0 Å². The van der Waals surface area contributed by atoms with Crippen molar-refractivity contribution in [2.75, 3.05) is 18.5 Å². The van der Waals surface area contributed by atoms with Crippen LogP contribution in [0.15, 0.2) is 4.42 Å². The van der Waals surface area contributed by atoms with Gasteiger partial charge in [-0.2, -0.15) is 0 Å². The largest absolute Gasteiger partial charge is 0.406 e. The van der Waals surface area contributed by atoms with E-state index >= 15 is 0 Å². The first-order valence-electron chi connectivity index (χ1n) is 6.65. The third-order valence-corrected chi connectivity index (χ3v) is 3.20. The fraction of sp³-hybridized carbons (Fsp3) is 0.833. The van der Waals surface area contributed by atoms with Crippen LogP contribution < -0.4 is 10.6 Å². The van der Waals surface area contributed by atoms with Gasteiger partial charge in [-0.25, -0.2) is 0 Å². The quantitative estimate of drug-likeness (QED) is 0.805. The van der Waals surface area contributed by atoms with Crippen molar-refractivity contribution in [1.29, 1.82) is 0 Å². The molecule has 2 N–H and O–H groups in total. The van der Waals surface area contributed by atoms with E-state index in [4.69, 9.17) is 9.15 Å². The van der Waals surface area contributed by atoms with Gasteiger partial charge in [0.05, 0.1) is 18.2 Å². The third-order valence-electron chi connectivity index (χ3n) is 3.20. The summed E-state index contributed by atoms with van der Waals surface area (Å²) < 4.78 is 11.1. The number of ether oxygens (including phenoxy) is 1. The van der Waals surface area contributed by atoms with Crippen LogP contribution in [0.25, 0.3) is 0 Å². The maximum Gasteiger partial charge on any atom is 0.315 e. The van der Waals surface area contributed by atoms with Crippen molar-refractivity contribution in [2.24, 2.45) is 0 Å². The highest BCUT2D eigenvalue weighted by Crippen LogP contribution is 2.19. The van der Waals surface area contributed by atoms with Crippen LogP contribution in [0.5, 0.6) is 0 Å². The number of nitrogens with zero attached hydrogens (tertiary/aromatic N) is 2. The Morgan fingerprint density at radius 1 is 1.44 bits per heavy atom. The Kier molecular flexibility index (Phi) is 4.54. The molecular formula is C12H22N4O2. The average molecular weight is 254 g/mol. The van der Waals surface area contributed by atoms with Crippen molar-refractivity contribution in [3.8, 4) is 0 Å². The lowest BCUT2D eigenvalue weighted by Gasteiger charge is -2.13. The lowest BCUT2D eigenvalue weighted by Crippen LogP contribution is -2.26. The molecule has 0 radical (unpaired) electrons. The predicted octanol–water partition coefficient (Wildman–Crippen LogP) is 1.72. The zero-order valence-electron chi connectivity index (χ0n) is 11.3. The summed E-state index contributed by atoms with van der Waals surface area (Å²) in [6.45, 7) is 7.93. The number of nitrogens with one attached hydrogen (secondary N) is 2. The molecule has 0 amide bonds. The van der Waals surface area contributed by atoms with Gasteiger partial charge in [-0.3, -0.25) is 0 Å². The van der Waals surface area contributed by atoms with Crippen molar-refractivity contribution >= 4 is 6.01 Å². The van der Waals surface area contributed by atoms with Crippen molar-refractivity contribution < 1.29 is 9.15 Å². The molecule has 6 heteroatoms. The SMILES string of the molecule is CCCNC(C)c1nnc(NC2CCOC2C)o1. The van der Waals surface area contributed by atoms with Crippen LogP contribution in [-0.2, 0) is 4.74 Å². The van der Waals surface area contributed by atoms with Crippen LogP contribution in [0.1, 0.15) is 45.5 Å². The highest BCUT2D eigenvalue weighted by atomic mass is 16.5. The third kappa shape index (κ3) is 3.20. The van der Waals surface area contributed by atoms with Crippen LogP contribution in [0, 0.1) is 0 Å². The maximum absolute atomic E-state index is 5.60. The molecule has 18 heavy (non-hydrogen) atoms. The number of hydrogen-bond donors (Lipinski definition) is 2. The first-order valence-corrected chi connectivity index (χ1v) is 6.65. The Balaban J connectivity index is 1.89. The molecule has 0 aliphatic carbocycles.